The van der Waals surface area contributed by atoms with Gasteiger partial charge in [0.1, 0.15) is 0 Å². The summed E-state index contributed by atoms with van der Waals surface area (Å²) in [5, 5.41) is 4.29. The van der Waals surface area contributed by atoms with Gasteiger partial charge in [0.05, 0.1) is 25.2 Å². The van der Waals surface area contributed by atoms with Gasteiger partial charge in [-0.1, -0.05) is 0 Å². The van der Waals surface area contributed by atoms with Crippen molar-refractivity contribution in [1.82, 2.24) is 24.6 Å². The summed E-state index contributed by atoms with van der Waals surface area (Å²) in [5.41, 5.74) is 1.27. The summed E-state index contributed by atoms with van der Waals surface area (Å²) in [4.78, 5) is 13.8. The molecular weight excluding hydrogens is 304 g/mol. The van der Waals surface area contributed by atoms with Crippen LogP contribution < -0.4 is 9.64 Å². The number of rotatable bonds is 4. The highest BCUT2D eigenvalue weighted by atomic mass is 16.5. The lowest BCUT2D eigenvalue weighted by molar-refractivity contribution is 0.196. The number of anilines is 1. The molecule has 2 fully saturated rings. The number of nitrogens with zero attached hydrogens (tertiary/aromatic N) is 6. The Morgan fingerprint density at radius 1 is 1.21 bits per heavy atom. The Bertz CT molecular complexity index is 685. The first-order valence-corrected chi connectivity index (χ1v) is 8.56. The highest BCUT2D eigenvalue weighted by molar-refractivity contribution is 5.33. The summed E-state index contributed by atoms with van der Waals surface area (Å²) >= 11 is 0. The third-order valence-electron chi connectivity index (χ3n) is 5.40. The van der Waals surface area contributed by atoms with Crippen molar-refractivity contribution in [2.75, 3.05) is 31.6 Å². The van der Waals surface area contributed by atoms with Crippen LogP contribution in [-0.4, -0.2) is 57.4 Å². The van der Waals surface area contributed by atoms with Crippen molar-refractivity contribution in [3.63, 3.8) is 0 Å². The molecule has 2 atom stereocenters. The molecule has 7 nitrogen and oxygen atoms in total. The first-order valence-electron chi connectivity index (χ1n) is 8.56. The van der Waals surface area contributed by atoms with Crippen molar-refractivity contribution < 1.29 is 4.74 Å². The lowest BCUT2D eigenvalue weighted by atomic mass is 9.92. The molecule has 2 aromatic rings. The fourth-order valence-corrected chi connectivity index (χ4v) is 3.95. The Morgan fingerprint density at radius 2 is 2.00 bits per heavy atom. The molecule has 0 amide bonds. The van der Waals surface area contributed by atoms with E-state index in [1.54, 1.807) is 19.5 Å². The van der Waals surface area contributed by atoms with Gasteiger partial charge >= 0.3 is 0 Å². The van der Waals surface area contributed by atoms with Gasteiger partial charge in [-0.05, 0) is 31.4 Å². The minimum atomic E-state index is 0.569. The van der Waals surface area contributed by atoms with Crippen molar-refractivity contribution in [2.24, 2.45) is 13.0 Å². The molecule has 2 aromatic heterocycles. The average Bonchev–Trinajstić information content (AvgIpc) is 3.22. The number of fused-ring (bicyclic) bond motifs is 1. The van der Waals surface area contributed by atoms with Crippen LogP contribution in [0.3, 0.4) is 0 Å². The van der Waals surface area contributed by atoms with Crippen molar-refractivity contribution in [3.8, 4) is 5.75 Å². The number of likely N-dealkylation sites (tertiary alicyclic amines) is 1. The molecule has 0 spiro atoms. The largest absolute Gasteiger partial charge is 0.494 e. The van der Waals surface area contributed by atoms with E-state index in [0.29, 0.717) is 11.8 Å². The molecule has 2 saturated heterocycles. The summed E-state index contributed by atoms with van der Waals surface area (Å²) in [6, 6.07) is 2.68. The molecule has 0 N–H and O–H groups in total. The number of methoxy groups -OCH3 is 1. The standard InChI is InChI=1S/C17H24N6O/c1-21-14(3-6-20-21)11-22-7-4-13-5-8-23(12-16(13)22)17-18-9-15(24-2)10-19-17/h3,6,9-10,13,16H,4-5,7-8,11-12H2,1-2H3. The molecule has 4 heterocycles. The van der Waals surface area contributed by atoms with Crippen molar-refractivity contribution in [1.29, 1.82) is 0 Å². The van der Waals surface area contributed by atoms with Crippen LogP contribution in [0.4, 0.5) is 5.95 Å². The predicted molar refractivity (Wildman–Crippen MR) is 90.9 cm³/mol. The molecule has 0 aliphatic carbocycles. The lowest BCUT2D eigenvalue weighted by Gasteiger charge is -2.38. The second kappa shape index (κ2) is 6.39. The van der Waals surface area contributed by atoms with Crippen LogP contribution >= 0.6 is 0 Å². The van der Waals surface area contributed by atoms with E-state index in [4.69, 9.17) is 4.74 Å². The number of ether oxygens (including phenoxy) is 1. The second-order valence-electron chi connectivity index (χ2n) is 6.69. The normalized spacial score (nSPS) is 24.2. The second-order valence-corrected chi connectivity index (χ2v) is 6.69. The number of aryl methyl sites for hydroxylation is 1. The molecule has 4 rings (SSSR count). The highest BCUT2D eigenvalue weighted by Crippen LogP contribution is 2.33. The molecule has 24 heavy (non-hydrogen) atoms. The van der Waals surface area contributed by atoms with Crippen LogP contribution in [0.15, 0.2) is 24.7 Å². The molecule has 0 saturated carbocycles. The van der Waals surface area contributed by atoms with Crippen LogP contribution in [0.1, 0.15) is 18.5 Å². The van der Waals surface area contributed by atoms with Gasteiger partial charge in [-0.15, -0.1) is 0 Å². The van der Waals surface area contributed by atoms with Gasteiger partial charge in [0.15, 0.2) is 5.75 Å². The van der Waals surface area contributed by atoms with Crippen molar-refractivity contribution >= 4 is 5.95 Å². The number of hydrogen-bond donors (Lipinski definition) is 0. The van der Waals surface area contributed by atoms with Crippen LogP contribution in [0.25, 0.3) is 0 Å². The van der Waals surface area contributed by atoms with Crippen molar-refractivity contribution in [3.05, 3.63) is 30.4 Å². The Kier molecular flexibility index (Phi) is 4.10. The first-order chi connectivity index (χ1) is 11.7. The van der Waals surface area contributed by atoms with Gasteiger partial charge in [0.25, 0.3) is 0 Å². The van der Waals surface area contributed by atoms with Crippen LogP contribution in [-0.2, 0) is 13.6 Å². The molecule has 2 unspecified atom stereocenters. The summed E-state index contributed by atoms with van der Waals surface area (Å²) in [7, 11) is 3.65. The zero-order valence-electron chi connectivity index (χ0n) is 14.3. The van der Waals surface area contributed by atoms with Crippen LogP contribution in [0.2, 0.25) is 0 Å². The summed E-state index contributed by atoms with van der Waals surface area (Å²) in [5.74, 6) is 2.29. The topological polar surface area (TPSA) is 59.3 Å². The SMILES string of the molecule is COc1cnc(N2CCC3CCN(Cc4ccnn4C)C3C2)nc1. The van der Waals surface area contributed by atoms with Crippen LogP contribution in [0, 0.1) is 5.92 Å². The van der Waals surface area contributed by atoms with Crippen LogP contribution in [0.5, 0.6) is 5.75 Å². The van der Waals surface area contributed by atoms with E-state index in [0.717, 1.165) is 38.0 Å². The average molecular weight is 328 g/mol. The van der Waals surface area contributed by atoms with Gasteiger partial charge in [-0.25, -0.2) is 9.97 Å². The molecule has 7 heteroatoms. The molecule has 0 radical (unpaired) electrons. The maximum absolute atomic E-state index is 5.15. The molecular formula is C17H24N6O. The Morgan fingerprint density at radius 3 is 2.71 bits per heavy atom. The molecule has 128 valence electrons. The maximum Gasteiger partial charge on any atom is 0.225 e. The maximum atomic E-state index is 5.15. The Balaban J connectivity index is 1.47. The summed E-state index contributed by atoms with van der Waals surface area (Å²) in [6.45, 7) is 4.16. The van der Waals surface area contributed by atoms with E-state index in [2.05, 4.69) is 30.9 Å². The van der Waals surface area contributed by atoms with Gasteiger partial charge in [-0.2, -0.15) is 5.10 Å². The molecule has 2 aliphatic rings. The smallest absolute Gasteiger partial charge is 0.225 e. The third kappa shape index (κ3) is 2.84. The van der Waals surface area contributed by atoms with E-state index >= 15 is 0 Å². The molecule has 0 bridgehead atoms. The van der Waals surface area contributed by atoms with Crippen molar-refractivity contribution in [2.45, 2.75) is 25.4 Å². The zero-order valence-corrected chi connectivity index (χ0v) is 14.3. The number of piperidine rings is 1. The van der Waals surface area contributed by atoms with E-state index < -0.39 is 0 Å². The molecule has 0 aromatic carbocycles. The monoisotopic (exact) mass is 328 g/mol. The Labute approximate surface area is 142 Å². The summed E-state index contributed by atoms with van der Waals surface area (Å²) in [6.07, 6.45) is 7.87. The molecule has 2 aliphatic heterocycles. The predicted octanol–water partition coefficient (Wildman–Crippen LogP) is 1.32. The number of aromatic nitrogens is 4. The Hall–Kier alpha value is -2.15. The fraction of sp³-hybridized carbons (Fsp3) is 0.588. The first kappa shape index (κ1) is 15.4. The van der Waals surface area contributed by atoms with Gasteiger partial charge in [0.2, 0.25) is 5.95 Å². The minimum Gasteiger partial charge on any atom is -0.494 e. The minimum absolute atomic E-state index is 0.569. The van der Waals surface area contributed by atoms with E-state index in [-0.39, 0.29) is 0 Å². The quantitative estimate of drug-likeness (QED) is 0.844. The fourth-order valence-electron chi connectivity index (χ4n) is 3.95. The van der Waals surface area contributed by atoms with E-state index in [1.807, 2.05) is 17.9 Å². The van der Waals surface area contributed by atoms with Gasteiger partial charge in [0, 0.05) is 38.9 Å². The number of hydrogen-bond acceptors (Lipinski definition) is 6. The van der Waals surface area contributed by atoms with Gasteiger partial charge in [-0.3, -0.25) is 9.58 Å². The lowest BCUT2D eigenvalue weighted by Crippen LogP contribution is -2.48. The highest BCUT2D eigenvalue weighted by Gasteiger charge is 2.39. The van der Waals surface area contributed by atoms with Gasteiger partial charge < -0.3 is 9.64 Å². The summed E-state index contributed by atoms with van der Waals surface area (Å²) < 4.78 is 7.13. The third-order valence-corrected chi connectivity index (χ3v) is 5.40. The zero-order chi connectivity index (χ0) is 16.5. The van der Waals surface area contributed by atoms with E-state index in [1.165, 1.54) is 18.5 Å². The van der Waals surface area contributed by atoms with E-state index in [9.17, 15) is 0 Å².